The van der Waals surface area contributed by atoms with Crippen molar-refractivity contribution in [3.63, 3.8) is 0 Å². The molecule has 1 aliphatic heterocycles. The second kappa shape index (κ2) is 14.4. The third-order valence-corrected chi connectivity index (χ3v) is 4.89. The van der Waals surface area contributed by atoms with Crippen LogP contribution in [0.25, 0.3) is 0 Å². The Morgan fingerprint density at radius 3 is 2.57 bits per heavy atom. The van der Waals surface area contributed by atoms with Crippen LogP contribution < -0.4 is 15.4 Å². The molecule has 9 heteroatoms. The fourth-order valence-corrected chi connectivity index (χ4v) is 3.14. The molecule has 1 saturated heterocycles. The van der Waals surface area contributed by atoms with Crippen LogP contribution in [-0.4, -0.2) is 80.1 Å². The number of ether oxygens (including phenoxy) is 1. The smallest absolute Gasteiger partial charge is 0.219 e. The highest BCUT2D eigenvalue weighted by atomic mass is 127. The summed E-state index contributed by atoms with van der Waals surface area (Å²) in [6, 6.07) is 6.19. The van der Waals surface area contributed by atoms with Crippen molar-refractivity contribution in [2.45, 2.75) is 33.3 Å². The number of carbonyl (C=O) groups is 1. The zero-order valence-corrected chi connectivity index (χ0v) is 20.5. The molecule has 1 aromatic rings. The lowest BCUT2D eigenvalue weighted by molar-refractivity contribution is -0.130. The Bertz CT molecular complexity index is 669. The van der Waals surface area contributed by atoms with Gasteiger partial charge in [-0.25, -0.2) is 9.38 Å². The number of guanidine groups is 1. The average Bonchev–Trinajstić information content (AvgIpc) is 2.71. The van der Waals surface area contributed by atoms with Crippen molar-refractivity contribution in [3.8, 4) is 5.75 Å². The number of rotatable bonds is 9. The van der Waals surface area contributed by atoms with Crippen LogP contribution in [0.3, 0.4) is 0 Å². The van der Waals surface area contributed by atoms with Crippen molar-refractivity contribution >= 4 is 35.8 Å². The molecular weight excluding hydrogens is 500 g/mol. The second-order valence-electron chi connectivity index (χ2n) is 7.10. The Balaban J connectivity index is 0.00000450. The number of amides is 1. The number of hydrogen-bond acceptors (Lipinski definition) is 4. The van der Waals surface area contributed by atoms with Gasteiger partial charge in [-0.05, 0) is 25.5 Å². The number of nitrogens with zero attached hydrogens (tertiary/aromatic N) is 3. The van der Waals surface area contributed by atoms with Crippen molar-refractivity contribution in [1.82, 2.24) is 20.4 Å². The van der Waals surface area contributed by atoms with E-state index in [-0.39, 0.29) is 41.8 Å². The molecule has 1 aliphatic rings. The first kappa shape index (κ1) is 26.4. The lowest BCUT2D eigenvalue weighted by atomic mass is 10.2. The molecule has 30 heavy (non-hydrogen) atoms. The molecule has 0 aliphatic carbocycles. The van der Waals surface area contributed by atoms with E-state index >= 15 is 0 Å². The molecule has 0 bridgehead atoms. The fourth-order valence-electron chi connectivity index (χ4n) is 3.14. The molecule has 0 spiro atoms. The minimum atomic E-state index is -0.306. The van der Waals surface area contributed by atoms with Gasteiger partial charge in [-0.3, -0.25) is 9.69 Å². The highest BCUT2D eigenvalue weighted by molar-refractivity contribution is 14.0. The van der Waals surface area contributed by atoms with E-state index in [0.717, 1.165) is 58.2 Å². The molecule has 0 saturated carbocycles. The van der Waals surface area contributed by atoms with Gasteiger partial charge in [-0.2, -0.15) is 0 Å². The molecule has 0 aromatic heterocycles. The molecule has 1 amide bonds. The van der Waals surface area contributed by atoms with E-state index in [1.54, 1.807) is 19.1 Å². The minimum absolute atomic E-state index is 0. The van der Waals surface area contributed by atoms with Gasteiger partial charge in [0.2, 0.25) is 5.91 Å². The van der Waals surface area contributed by atoms with Crippen molar-refractivity contribution in [2.75, 3.05) is 52.4 Å². The summed E-state index contributed by atoms with van der Waals surface area (Å²) in [6.45, 7) is 12.0. The number of carbonyl (C=O) groups excluding carboxylic acids is 1. The lowest BCUT2D eigenvalue weighted by Gasteiger charge is -2.34. The van der Waals surface area contributed by atoms with Crippen molar-refractivity contribution < 1.29 is 13.9 Å². The van der Waals surface area contributed by atoms with Gasteiger partial charge in [-0.15, -0.1) is 24.0 Å². The summed E-state index contributed by atoms with van der Waals surface area (Å²) in [5.74, 6) is 1.11. The van der Waals surface area contributed by atoms with E-state index in [0.29, 0.717) is 12.3 Å². The van der Waals surface area contributed by atoms with Gasteiger partial charge >= 0.3 is 0 Å². The van der Waals surface area contributed by atoms with Gasteiger partial charge in [0, 0.05) is 58.8 Å². The summed E-state index contributed by atoms with van der Waals surface area (Å²) in [6.07, 6.45) is 0.659. The molecule has 0 radical (unpaired) electrons. The van der Waals surface area contributed by atoms with Crippen LogP contribution in [0.5, 0.6) is 5.75 Å². The van der Waals surface area contributed by atoms with Crippen LogP contribution in [0.15, 0.2) is 29.3 Å². The predicted octanol–water partition coefficient (Wildman–Crippen LogP) is 2.32. The maximum Gasteiger partial charge on any atom is 0.219 e. The van der Waals surface area contributed by atoms with Gasteiger partial charge in [-0.1, -0.05) is 13.0 Å². The van der Waals surface area contributed by atoms with E-state index in [4.69, 9.17) is 4.74 Å². The van der Waals surface area contributed by atoms with Gasteiger partial charge in [0.1, 0.15) is 17.7 Å². The number of hydrogen-bond donors (Lipinski definition) is 2. The Kier molecular flexibility index (Phi) is 12.7. The van der Waals surface area contributed by atoms with E-state index in [1.165, 1.54) is 12.1 Å². The third kappa shape index (κ3) is 9.46. The Hall–Kier alpha value is -1.62. The van der Waals surface area contributed by atoms with Crippen molar-refractivity contribution in [3.05, 3.63) is 30.1 Å². The predicted molar refractivity (Wildman–Crippen MR) is 129 cm³/mol. The van der Waals surface area contributed by atoms with E-state index < -0.39 is 0 Å². The lowest BCUT2D eigenvalue weighted by Crippen LogP contribution is -2.50. The SMILES string of the molecule is CCNC(=NCC(CC)Oc1cccc(F)c1)NCCN1CCN(C(C)=O)CC1.I. The normalized spacial score (nSPS) is 15.9. The summed E-state index contributed by atoms with van der Waals surface area (Å²) in [5, 5.41) is 6.60. The number of halogens is 2. The van der Waals surface area contributed by atoms with Crippen molar-refractivity contribution in [2.24, 2.45) is 4.99 Å². The second-order valence-corrected chi connectivity index (χ2v) is 7.10. The molecule has 1 heterocycles. The van der Waals surface area contributed by atoms with Gasteiger partial charge in [0.25, 0.3) is 0 Å². The molecule has 170 valence electrons. The van der Waals surface area contributed by atoms with E-state index in [2.05, 4.69) is 20.5 Å². The number of aliphatic imine (C=N–C) groups is 1. The average molecular weight is 535 g/mol. The number of piperazine rings is 1. The molecule has 1 fully saturated rings. The largest absolute Gasteiger partial charge is 0.488 e. The van der Waals surface area contributed by atoms with Crippen LogP contribution in [0.2, 0.25) is 0 Å². The Morgan fingerprint density at radius 2 is 1.97 bits per heavy atom. The topological polar surface area (TPSA) is 69.2 Å². The van der Waals surface area contributed by atoms with Crippen LogP contribution in [0, 0.1) is 5.82 Å². The minimum Gasteiger partial charge on any atom is -0.488 e. The first-order chi connectivity index (χ1) is 14.0. The monoisotopic (exact) mass is 535 g/mol. The van der Waals surface area contributed by atoms with Gasteiger partial charge < -0.3 is 20.3 Å². The molecule has 2 rings (SSSR count). The maximum atomic E-state index is 13.3. The summed E-state index contributed by atoms with van der Waals surface area (Å²) in [5.41, 5.74) is 0. The highest BCUT2D eigenvalue weighted by Crippen LogP contribution is 2.15. The summed E-state index contributed by atoms with van der Waals surface area (Å²) in [7, 11) is 0. The molecule has 1 aromatic carbocycles. The molecule has 1 unspecified atom stereocenters. The van der Waals surface area contributed by atoms with E-state index in [9.17, 15) is 9.18 Å². The van der Waals surface area contributed by atoms with Crippen LogP contribution in [0.1, 0.15) is 27.2 Å². The molecular formula is C21H35FIN5O2. The zero-order valence-electron chi connectivity index (χ0n) is 18.2. The summed E-state index contributed by atoms with van der Waals surface area (Å²) in [4.78, 5) is 20.3. The first-order valence-corrected chi connectivity index (χ1v) is 10.4. The fraction of sp³-hybridized carbons (Fsp3) is 0.619. The Labute approximate surface area is 196 Å². The first-order valence-electron chi connectivity index (χ1n) is 10.4. The maximum absolute atomic E-state index is 13.3. The third-order valence-electron chi connectivity index (χ3n) is 4.89. The van der Waals surface area contributed by atoms with Gasteiger partial charge in [0.05, 0.1) is 6.54 Å². The van der Waals surface area contributed by atoms with Crippen molar-refractivity contribution in [1.29, 1.82) is 0 Å². The van der Waals surface area contributed by atoms with E-state index in [1.807, 2.05) is 18.7 Å². The number of nitrogens with one attached hydrogen (secondary N) is 2. The number of benzene rings is 1. The molecule has 7 nitrogen and oxygen atoms in total. The van der Waals surface area contributed by atoms with Crippen LogP contribution >= 0.6 is 24.0 Å². The molecule has 2 N–H and O–H groups in total. The standard InChI is InChI=1S/C21H34FN5O2.HI/c1-4-19(29-20-8-6-7-18(22)15-20)16-25-21(23-5-2)24-9-10-26-11-13-27(14-12-26)17(3)28;/h6-8,15,19H,4-5,9-14,16H2,1-3H3,(H2,23,24,25);1H. The quantitative estimate of drug-likeness (QED) is 0.289. The molecule has 1 atom stereocenters. The highest BCUT2D eigenvalue weighted by Gasteiger charge is 2.18. The van der Waals surface area contributed by atoms with Crippen LogP contribution in [-0.2, 0) is 4.79 Å². The summed E-state index contributed by atoms with van der Waals surface area (Å²) < 4.78 is 19.2. The summed E-state index contributed by atoms with van der Waals surface area (Å²) >= 11 is 0. The zero-order chi connectivity index (χ0) is 21.1. The van der Waals surface area contributed by atoms with Gasteiger partial charge in [0.15, 0.2) is 5.96 Å². The van der Waals surface area contributed by atoms with Crippen LogP contribution in [0.4, 0.5) is 4.39 Å². The Morgan fingerprint density at radius 1 is 1.23 bits per heavy atom.